The van der Waals surface area contributed by atoms with Gasteiger partial charge >= 0.3 is 0 Å². The SMILES string of the molecule is NN(CCN1CCN(c2ccccn2)CC1)C1=C([NH2+]O)C(=O)c2ccccc2C1=O. The van der Waals surface area contributed by atoms with Gasteiger partial charge in [0.1, 0.15) is 5.82 Å². The number of rotatable bonds is 6. The molecule has 0 spiro atoms. The van der Waals surface area contributed by atoms with Crippen LogP contribution >= 0.6 is 0 Å². The number of pyridine rings is 1. The monoisotopic (exact) mass is 409 g/mol. The molecule has 2 heterocycles. The number of allylic oxidation sites excluding steroid dienone is 2. The largest absolute Gasteiger partial charge is 0.354 e. The number of nitrogens with two attached hydrogens (primary N) is 2. The van der Waals surface area contributed by atoms with Crippen LogP contribution in [0.25, 0.3) is 0 Å². The summed E-state index contributed by atoms with van der Waals surface area (Å²) in [6.45, 7) is 4.39. The zero-order chi connectivity index (χ0) is 21.1. The summed E-state index contributed by atoms with van der Waals surface area (Å²) in [6.07, 6.45) is 1.79. The predicted molar refractivity (Wildman–Crippen MR) is 110 cm³/mol. The van der Waals surface area contributed by atoms with E-state index in [1.165, 1.54) is 5.01 Å². The van der Waals surface area contributed by atoms with E-state index in [4.69, 9.17) is 5.84 Å². The lowest BCUT2D eigenvalue weighted by Gasteiger charge is -2.36. The number of ketones is 2. The molecule has 0 unspecified atom stereocenters. The number of fused-ring (bicyclic) bond motifs is 1. The van der Waals surface area contributed by atoms with Crippen LogP contribution < -0.4 is 16.2 Å². The zero-order valence-electron chi connectivity index (χ0n) is 16.6. The number of hydroxylamine groups is 1. The number of hydrogen-bond donors (Lipinski definition) is 3. The number of aromatic nitrogens is 1. The van der Waals surface area contributed by atoms with Crippen LogP contribution in [0.4, 0.5) is 5.82 Å². The number of hydrazine groups is 1. The second kappa shape index (κ2) is 8.72. The molecule has 0 bridgehead atoms. The number of benzene rings is 1. The smallest absolute Gasteiger partial charge is 0.252 e. The predicted octanol–water partition coefficient (Wildman–Crippen LogP) is -0.377. The van der Waals surface area contributed by atoms with Crippen molar-refractivity contribution in [3.8, 4) is 0 Å². The van der Waals surface area contributed by atoms with Gasteiger partial charge < -0.3 is 9.91 Å². The Morgan fingerprint density at radius 2 is 1.67 bits per heavy atom. The number of carbonyl (C=O) groups is 2. The second-order valence-electron chi connectivity index (χ2n) is 7.31. The summed E-state index contributed by atoms with van der Waals surface area (Å²) in [5.41, 5.74) is 1.24. The van der Waals surface area contributed by atoms with Crippen molar-refractivity contribution in [1.82, 2.24) is 14.9 Å². The molecule has 30 heavy (non-hydrogen) atoms. The molecule has 1 saturated heterocycles. The first-order chi connectivity index (χ1) is 14.6. The third-order valence-corrected chi connectivity index (χ3v) is 5.55. The Bertz CT molecular complexity index is 970. The molecule has 1 fully saturated rings. The number of nitrogens with zero attached hydrogens (tertiary/aromatic N) is 4. The van der Waals surface area contributed by atoms with E-state index in [2.05, 4.69) is 14.8 Å². The average molecular weight is 409 g/mol. The number of anilines is 1. The van der Waals surface area contributed by atoms with Gasteiger partial charge in [0.05, 0.1) is 0 Å². The van der Waals surface area contributed by atoms with E-state index in [0.29, 0.717) is 24.1 Å². The van der Waals surface area contributed by atoms with Gasteiger partial charge in [0.15, 0.2) is 5.70 Å². The fourth-order valence-electron chi connectivity index (χ4n) is 3.89. The Morgan fingerprint density at radius 3 is 2.30 bits per heavy atom. The van der Waals surface area contributed by atoms with Gasteiger partial charge in [0, 0.05) is 56.6 Å². The third-order valence-electron chi connectivity index (χ3n) is 5.55. The minimum absolute atomic E-state index is 0.0355. The molecule has 1 aliphatic heterocycles. The summed E-state index contributed by atoms with van der Waals surface area (Å²) >= 11 is 0. The summed E-state index contributed by atoms with van der Waals surface area (Å²) in [4.78, 5) is 34.5. The van der Waals surface area contributed by atoms with Crippen molar-refractivity contribution in [3.63, 3.8) is 0 Å². The molecule has 4 rings (SSSR count). The molecule has 0 atom stereocenters. The van der Waals surface area contributed by atoms with Crippen molar-refractivity contribution in [1.29, 1.82) is 0 Å². The summed E-state index contributed by atoms with van der Waals surface area (Å²) < 4.78 is 0. The van der Waals surface area contributed by atoms with Crippen LogP contribution in [0.3, 0.4) is 0 Å². The first kappa shape index (κ1) is 20.2. The van der Waals surface area contributed by atoms with Crippen LogP contribution in [0.1, 0.15) is 20.7 Å². The average Bonchev–Trinajstić information content (AvgIpc) is 2.80. The van der Waals surface area contributed by atoms with E-state index in [1.54, 1.807) is 30.5 Å². The molecule has 1 aliphatic carbocycles. The molecule has 9 nitrogen and oxygen atoms in total. The van der Waals surface area contributed by atoms with Crippen LogP contribution in [-0.2, 0) is 0 Å². The van der Waals surface area contributed by atoms with Gasteiger partial charge in [-0.2, -0.15) is 5.48 Å². The van der Waals surface area contributed by atoms with Crippen LogP contribution in [0, 0.1) is 0 Å². The van der Waals surface area contributed by atoms with Gasteiger partial charge in [-0.15, -0.1) is 0 Å². The van der Waals surface area contributed by atoms with E-state index in [0.717, 1.165) is 32.0 Å². The van der Waals surface area contributed by atoms with Crippen LogP contribution in [-0.4, -0.2) is 70.9 Å². The highest BCUT2D eigenvalue weighted by molar-refractivity contribution is 6.25. The fourth-order valence-corrected chi connectivity index (χ4v) is 3.89. The summed E-state index contributed by atoms with van der Waals surface area (Å²) in [5.74, 6) is 6.40. The van der Waals surface area contributed by atoms with Crippen molar-refractivity contribution in [2.45, 2.75) is 0 Å². The molecule has 9 heteroatoms. The standard InChI is InChI=1S/C21H24N6O3/c22-27(14-11-25-9-12-26(13-10-25)17-7-3-4-8-23-17)19-18(24-30)20(28)15-5-1-2-6-16(15)21(19)29/h1-8,24,30H,9-14,22H2/p+1. The molecule has 2 aromatic rings. The molecule has 156 valence electrons. The molecule has 5 N–H and O–H groups in total. The molecule has 0 saturated carbocycles. The summed E-state index contributed by atoms with van der Waals surface area (Å²) in [5, 5.41) is 10.9. The van der Waals surface area contributed by atoms with Crippen molar-refractivity contribution in [2.24, 2.45) is 5.84 Å². The van der Waals surface area contributed by atoms with E-state index >= 15 is 0 Å². The lowest BCUT2D eigenvalue weighted by Crippen LogP contribution is -2.81. The quantitative estimate of drug-likeness (QED) is 0.436. The van der Waals surface area contributed by atoms with Crippen molar-refractivity contribution in [2.75, 3.05) is 44.2 Å². The molecular weight excluding hydrogens is 384 g/mol. The first-order valence-corrected chi connectivity index (χ1v) is 9.91. The fraction of sp³-hybridized carbons (Fsp3) is 0.286. The van der Waals surface area contributed by atoms with Gasteiger partial charge in [-0.05, 0) is 12.1 Å². The van der Waals surface area contributed by atoms with E-state index < -0.39 is 5.78 Å². The van der Waals surface area contributed by atoms with Gasteiger partial charge in [0.2, 0.25) is 11.5 Å². The number of Topliss-reactive ketones (excluding diaryl/α,β-unsaturated/α-hetero) is 2. The lowest BCUT2D eigenvalue weighted by atomic mass is 9.90. The minimum Gasteiger partial charge on any atom is -0.354 e. The Kier molecular flexibility index (Phi) is 5.86. The Balaban J connectivity index is 1.40. The molecule has 0 amide bonds. The van der Waals surface area contributed by atoms with E-state index in [1.807, 2.05) is 18.2 Å². The minimum atomic E-state index is -0.401. The second-order valence-corrected chi connectivity index (χ2v) is 7.31. The number of piperazine rings is 1. The van der Waals surface area contributed by atoms with Crippen molar-refractivity contribution in [3.05, 3.63) is 71.2 Å². The molecule has 1 aromatic heterocycles. The molecule has 1 aromatic carbocycles. The van der Waals surface area contributed by atoms with Crippen LogP contribution in [0.15, 0.2) is 60.1 Å². The van der Waals surface area contributed by atoms with Gasteiger partial charge in [-0.25, -0.2) is 16.0 Å². The normalized spacial score (nSPS) is 17.3. The van der Waals surface area contributed by atoms with Gasteiger partial charge in [-0.3, -0.25) is 14.5 Å². The van der Waals surface area contributed by atoms with Crippen LogP contribution in [0.5, 0.6) is 0 Å². The van der Waals surface area contributed by atoms with E-state index in [9.17, 15) is 14.8 Å². The van der Waals surface area contributed by atoms with Crippen LogP contribution in [0.2, 0.25) is 0 Å². The first-order valence-electron chi connectivity index (χ1n) is 9.91. The Labute approximate surface area is 174 Å². The van der Waals surface area contributed by atoms with Crippen molar-refractivity contribution >= 4 is 17.4 Å². The maximum absolute atomic E-state index is 12.9. The van der Waals surface area contributed by atoms with E-state index in [-0.39, 0.29) is 22.7 Å². The lowest BCUT2D eigenvalue weighted by molar-refractivity contribution is -0.847. The highest BCUT2D eigenvalue weighted by atomic mass is 16.5. The Hall–Kier alpha value is -3.11. The molecule has 0 radical (unpaired) electrons. The highest BCUT2D eigenvalue weighted by Crippen LogP contribution is 2.24. The zero-order valence-corrected chi connectivity index (χ0v) is 16.6. The van der Waals surface area contributed by atoms with Crippen molar-refractivity contribution < 1.29 is 20.3 Å². The molecule has 2 aliphatic rings. The number of quaternary nitrogens is 1. The third kappa shape index (κ3) is 3.83. The Morgan fingerprint density at radius 1 is 1.00 bits per heavy atom. The maximum Gasteiger partial charge on any atom is 0.252 e. The summed E-state index contributed by atoms with van der Waals surface area (Å²) in [7, 11) is 0. The van der Waals surface area contributed by atoms with Gasteiger partial charge in [0.25, 0.3) is 5.78 Å². The maximum atomic E-state index is 12.9. The highest BCUT2D eigenvalue weighted by Gasteiger charge is 2.37. The number of hydrogen-bond acceptors (Lipinski definition) is 8. The molecular formula is C21H25N6O3+. The van der Waals surface area contributed by atoms with Gasteiger partial charge in [-0.1, -0.05) is 30.3 Å². The number of carbonyl (C=O) groups excluding carboxylic acids is 2. The summed E-state index contributed by atoms with van der Waals surface area (Å²) in [6, 6.07) is 12.5. The topological polar surface area (TPSA) is 120 Å².